The van der Waals surface area contributed by atoms with E-state index in [0.717, 1.165) is 24.0 Å². The largest absolute Gasteiger partial charge is 0.399 e. The maximum Gasteiger partial charge on any atom is 0.136 e. The first-order chi connectivity index (χ1) is 9.71. The van der Waals surface area contributed by atoms with Gasteiger partial charge in [-0.05, 0) is 36.8 Å². The summed E-state index contributed by atoms with van der Waals surface area (Å²) in [6.45, 7) is 2.83. The molecule has 1 aromatic carbocycles. The second kappa shape index (κ2) is 5.26. The fraction of sp³-hybridized carbons (Fsp3) is 0.267. The van der Waals surface area contributed by atoms with E-state index >= 15 is 0 Å². The molecular formula is C15H17N3OS. The lowest BCUT2D eigenvalue weighted by Gasteiger charge is -2.06. The number of rotatable bonds is 4. The Morgan fingerprint density at radius 1 is 1.25 bits per heavy atom. The summed E-state index contributed by atoms with van der Waals surface area (Å²) in [4.78, 5) is 7.10. The van der Waals surface area contributed by atoms with Crippen LogP contribution in [0.2, 0.25) is 0 Å². The molecule has 3 N–H and O–H groups in total. The normalized spacial score (nSPS) is 11.3. The van der Waals surface area contributed by atoms with E-state index in [-0.39, 0.29) is 6.61 Å². The molecule has 5 heteroatoms. The summed E-state index contributed by atoms with van der Waals surface area (Å²) in [5, 5.41) is 9.51. The summed E-state index contributed by atoms with van der Waals surface area (Å²) in [7, 11) is 0. The number of nitrogens with zero attached hydrogens (tertiary/aromatic N) is 2. The summed E-state index contributed by atoms with van der Waals surface area (Å²) in [6.07, 6.45) is 1.05. The van der Waals surface area contributed by atoms with E-state index in [2.05, 4.69) is 28.6 Å². The molecule has 0 amide bonds. The van der Waals surface area contributed by atoms with Crippen molar-refractivity contribution in [1.29, 1.82) is 0 Å². The van der Waals surface area contributed by atoms with E-state index in [4.69, 9.17) is 5.73 Å². The van der Waals surface area contributed by atoms with Crippen LogP contribution < -0.4 is 5.73 Å². The van der Waals surface area contributed by atoms with Crippen LogP contribution in [0.3, 0.4) is 0 Å². The molecule has 0 spiro atoms. The summed E-state index contributed by atoms with van der Waals surface area (Å²) < 4.78 is 2.06. The molecule has 104 valence electrons. The summed E-state index contributed by atoms with van der Waals surface area (Å²) in [6, 6.07) is 9.99. The Morgan fingerprint density at radius 2 is 2.05 bits per heavy atom. The first kappa shape index (κ1) is 13.1. The zero-order valence-corrected chi connectivity index (χ0v) is 12.2. The molecule has 4 nitrogen and oxygen atoms in total. The van der Waals surface area contributed by atoms with Gasteiger partial charge in [-0.3, -0.25) is 0 Å². The maximum atomic E-state index is 9.51. The Hall–Kier alpha value is -1.85. The minimum Gasteiger partial charge on any atom is -0.399 e. The maximum absolute atomic E-state index is 9.51. The summed E-state index contributed by atoms with van der Waals surface area (Å²) in [5.74, 6) is 0.678. The quantitative estimate of drug-likeness (QED) is 0.725. The minimum atomic E-state index is -0.0689. The van der Waals surface area contributed by atoms with Gasteiger partial charge in [0.2, 0.25) is 0 Å². The average molecular weight is 287 g/mol. The van der Waals surface area contributed by atoms with Gasteiger partial charge in [-0.1, -0.05) is 6.92 Å². The van der Waals surface area contributed by atoms with Crippen molar-refractivity contribution in [2.45, 2.75) is 26.5 Å². The molecule has 3 rings (SSSR count). The molecule has 3 aromatic rings. The van der Waals surface area contributed by atoms with Gasteiger partial charge in [0.1, 0.15) is 12.4 Å². The van der Waals surface area contributed by atoms with Crippen LogP contribution in [0.25, 0.3) is 11.0 Å². The van der Waals surface area contributed by atoms with Crippen LogP contribution in [0.1, 0.15) is 22.5 Å². The summed E-state index contributed by atoms with van der Waals surface area (Å²) in [5.41, 5.74) is 8.32. The number of aliphatic hydroxyl groups excluding tert-OH is 1. The van der Waals surface area contributed by atoms with Gasteiger partial charge in [0.05, 0.1) is 17.6 Å². The first-order valence-electron chi connectivity index (χ1n) is 6.64. The number of imidazole rings is 1. The lowest BCUT2D eigenvalue weighted by molar-refractivity contribution is 0.267. The van der Waals surface area contributed by atoms with Gasteiger partial charge in [-0.15, -0.1) is 11.3 Å². The van der Waals surface area contributed by atoms with E-state index < -0.39 is 0 Å². The van der Waals surface area contributed by atoms with Crippen molar-refractivity contribution in [1.82, 2.24) is 9.55 Å². The number of aliphatic hydroxyl groups is 1. The van der Waals surface area contributed by atoms with E-state index in [9.17, 15) is 5.11 Å². The van der Waals surface area contributed by atoms with Gasteiger partial charge in [0.15, 0.2) is 0 Å². The highest BCUT2D eigenvalue weighted by Gasteiger charge is 2.11. The Kier molecular flexibility index (Phi) is 3.46. The lowest BCUT2D eigenvalue weighted by Crippen LogP contribution is -2.03. The number of hydrogen-bond acceptors (Lipinski definition) is 4. The molecule has 0 aliphatic rings. The number of nitrogen functional groups attached to an aromatic ring is 1. The second-order valence-electron chi connectivity index (χ2n) is 4.74. The van der Waals surface area contributed by atoms with Crippen molar-refractivity contribution >= 4 is 28.1 Å². The Balaban J connectivity index is 2.04. The number of fused-ring (bicyclic) bond motifs is 1. The predicted molar refractivity (Wildman–Crippen MR) is 82.9 cm³/mol. The van der Waals surface area contributed by atoms with Crippen LogP contribution >= 0.6 is 11.3 Å². The average Bonchev–Trinajstić information content (AvgIpc) is 3.03. The molecule has 0 aliphatic carbocycles. The predicted octanol–water partition coefficient (Wildman–Crippen LogP) is 2.78. The van der Waals surface area contributed by atoms with Crippen LogP contribution in [-0.2, 0) is 19.6 Å². The molecule has 0 atom stereocenters. The van der Waals surface area contributed by atoms with Crippen molar-refractivity contribution in [3.63, 3.8) is 0 Å². The molecule has 2 aromatic heterocycles. The monoisotopic (exact) mass is 287 g/mol. The highest BCUT2D eigenvalue weighted by atomic mass is 32.1. The zero-order valence-electron chi connectivity index (χ0n) is 11.3. The number of nitrogens with two attached hydrogens (primary N) is 1. The van der Waals surface area contributed by atoms with Gasteiger partial charge >= 0.3 is 0 Å². The molecular weight excluding hydrogens is 270 g/mol. The fourth-order valence-corrected chi connectivity index (χ4v) is 3.29. The van der Waals surface area contributed by atoms with Gasteiger partial charge < -0.3 is 15.4 Å². The Morgan fingerprint density at radius 3 is 2.75 bits per heavy atom. The van der Waals surface area contributed by atoms with Gasteiger partial charge in [-0.2, -0.15) is 0 Å². The van der Waals surface area contributed by atoms with E-state index in [1.807, 2.05) is 29.5 Å². The van der Waals surface area contributed by atoms with Gasteiger partial charge in [-0.25, -0.2) is 4.98 Å². The second-order valence-corrected chi connectivity index (χ2v) is 5.99. The molecule has 0 radical (unpaired) electrons. The van der Waals surface area contributed by atoms with Crippen LogP contribution in [-0.4, -0.2) is 14.7 Å². The summed E-state index contributed by atoms with van der Waals surface area (Å²) >= 11 is 1.81. The smallest absolute Gasteiger partial charge is 0.136 e. The zero-order chi connectivity index (χ0) is 14.1. The fourth-order valence-electron chi connectivity index (χ4n) is 2.35. The molecule has 0 fully saturated rings. The number of aryl methyl sites for hydroxylation is 1. The van der Waals surface area contributed by atoms with Gasteiger partial charge in [0.25, 0.3) is 0 Å². The van der Waals surface area contributed by atoms with Crippen LogP contribution in [0.4, 0.5) is 5.69 Å². The van der Waals surface area contributed by atoms with Crippen LogP contribution in [0.5, 0.6) is 0 Å². The third kappa shape index (κ3) is 2.30. The highest BCUT2D eigenvalue weighted by molar-refractivity contribution is 7.11. The molecule has 0 aliphatic heterocycles. The van der Waals surface area contributed by atoms with Crippen LogP contribution in [0.15, 0.2) is 30.3 Å². The number of anilines is 1. The third-order valence-electron chi connectivity index (χ3n) is 3.37. The molecule has 0 saturated heterocycles. The number of benzene rings is 1. The van der Waals surface area contributed by atoms with Crippen LogP contribution in [0, 0.1) is 0 Å². The Bertz CT molecular complexity index is 745. The topological polar surface area (TPSA) is 64.1 Å². The lowest BCUT2D eigenvalue weighted by atomic mass is 10.3. The molecule has 20 heavy (non-hydrogen) atoms. The highest BCUT2D eigenvalue weighted by Crippen LogP contribution is 2.23. The van der Waals surface area contributed by atoms with E-state index in [0.29, 0.717) is 11.5 Å². The van der Waals surface area contributed by atoms with Crippen molar-refractivity contribution in [2.24, 2.45) is 0 Å². The van der Waals surface area contributed by atoms with E-state index in [1.165, 1.54) is 9.75 Å². The number of aromatic nitrogens is 2. The SMILES string of the molecule is CCc1ccc(Cn2c(CO)nc3cc(N)ccc32)s1. The van der Waals surface area contributed by atoms with Crippen molar-refractivity contribution < 1.29 is 5.11 Å². The van der Waals surface area contributed by atoms with Crippen molar-refractivity contribution in [2.75, 3.05) is 5.73 Å². The number of thiophene rings is 1. The standard InChI is InChI=1S/C15H17N3OS/c1-2-11-4-5-12(20-11)8-18-14-6-3-10(16)7-13(14)17-15(18)9-19/h3-7,19H,2,8-9,16H2,1H3. The number of hydrogen-bond donors (Lipinski definition) is 2. The Labute approximate surface area is 121 Å². The molecule has 0 saturated carbocycles. The minimum absolute atomic E-state index is 0.0689. The molecule has 2 heterocycles. The van der Waals surface area contributed by atoms with Crippen molar-refractivity contribution in [3.8, 4) is 0 Å². The molecule has 0 unspecified atom stereocenters. The molecule has 0 bridgehead atoms. The first-order valence-corrected chi connectivity index (χ1v) is 7.46. The van der Waals surface area contributed by atoms with Gasteiger partial charge in [0, 0.05) is 15.4 Å². The third-order valence-corrected chi connectivity index (χ3v) is 4.59. The van der Waals surface area contributed by atoms with E-state index in [1.54, 1.807) is 0 Å². The van der Waals surface area contributed by atoms with Crippen molar-refractivity contribution in [3.05, 3.63) is 45.9 Å².